The van der Waals surface area contributed by atoms with Gasteiger partial charge in [-0.3, -0.25) is 34.1 Å². The molecule has 3 amide bonds. The zero-order chi connectivity index (χ0) is 38.2. The van der Waals surface area contributed by atoms with E-state index in [9.17, 15) is 19.2 Å². The van der Waals surface area contributed by atoms with Gasteiger partial charge in [-0.25, -0.2) is 0 Å². The first-order valence-electron chi connectivity index (χ1n) is 19.3. The lowest BCUT2D eigenvalue weighted by Gasteiger charge is -2.55. The number of ether oxygens (including phenoxy) is 2. The van der Waals surface area contributed by atoms with E-state index in [1.165, 1.54) is 12.8 Å². The molecule has 288 valence electrons. The summed E-state index contributed by atoms with van der Waals surface area (Å²) in [6.45, 7) is 8.59. The molecule has 5 aliphatic rings. The number of benzene rings is 2. The molecule has 0 aliphatic carbocycles. The molecule has 4 fully saturated rings. The number of aryl methyl sites for hydroxylation is 2. The molecule has 2 aromatic heterocycles. The fraction of sp³-hybridized carbons (Fsp3) is 0.488. The number of methoxy groups -OCH3 is 2. The van der Waals surface area contributed by atoms with E-state index >= 15 is 0 Å². The third-order valence-electron chi connectivity index (χ3n) is 12.6. The highest BCUT2D eigenvalue weighted by atomic mass is 16.5. The fourth-order valence-corrected chi connectivity index (χ4v) is 9.59. The van der Waals surface area contributed by atoms with Crippen LogP contribution in [0.15, 0.2) is 47.5 Å². The van der Waals surface area contributed by atoms with Gasteiger partial charge in [0.05, 0.1) is 25.2 Å². The minimum Gasteiger partial charge on any atom is -0.496 e. The molecule has 4 saturated heterocycles. The van der Waals surface area contributed by atoms with E-state index in [-0.39, 0.29) is 29.7 Å². The van der Waals surface area contributed by atoms with Crippen molar-refractivity contribution < 1.29 is 23.9 Å². The number of nitrogens with one attached hydrogen (secondary N) is 1. The quantitative estimate of drug-likeness (QED) is 0.255. The number of imide groups is 1. The zero-order valence-electron chi connectivity index (χ0n) is 32.0. The highest BCUT2D eigenvalue weighted by molar-refractivity contribution is 6.05. The summed E-state index contributed by atoms with van der Waals surface area (Å²) < 4.78 is 15.1. The number of fused-ring (bicyclic) bond motifs is 2. The summed E-state index contributed by atoms with van der Waals surface area (Å²) in [7, 11) is 6.96. The van der Waals surface area contributed by atoms with Crippen molar-refractivity contribution >= 4 is 34.3 Å². The maximum atomic E-state index is 13.1. The predicted octanol–water partition coefficient (Wildman–Crippen LogP) is 2.75. The Morgan fingerprint density at radius 3 is 2.33 bits per heavy atom. The number of hydrogen-bond acceptors (Lipinski definition) is 10. The number of likely N-dealkylation sites (tertiary alicyclic amines) is 2. The molecule has 14 heteroatoms. The second-order valence-electron chi connectivity index (χ2n) is 16.3. The summed E-state index contributed by atoms with van der Waals surface area (Å²) >= 11 is 0. The smallest absolute Gasteiger partial charge is 0.261 e. The third-order valence-corrected chi connectivity index (χ3v) is 12.6. The van der Waals surface area contributed by atoms with Crippen LogP contribution in [0.4, 0.5) is 5.69 Å². The highest BCUT2D eigenvalue weighted by Gasteiger charge is 2.46. The van der Waals surface area contributed by atoms with Gasteiger partial charge in [-0.15, -0.1) is 0 Å². The van der Waals surface area contributed by atoms with Crippen LogP contribution in [0.5, 0.6) is 11.5 Å². The monoisotopic (exact) mass is 748 g/mol. The Morgan fingerprint density at radius 1 is 0.909 bits per heavy atom. The topological polar surface area (TPSA) is 134 Å². The molecule has 14 nitrogen and oxygen atoms in total. The van der Waals surface area contributed by atoms with Crippen LogP contribution in [0, 0.1) is 11.3 Å². The Balaban J connectivity index is 0.771. The second-order valence-corrected chi connectivity index (χ2v) is 16.3. The summed E-state index contributed by atoms with van der Waals surface area (Å²) in [6.07, 6.45) is 6.60. The summed E-state index contributed by atoms with van der Waals surface area (Å²) in [4.78, 5) is 59.1. The van der Waals surface area contributed by atoms with Crippen molar-refractivity contribution in [2.45, 2.75) is 44.8 Å². The molecule has 0 radical (unpaired) electrons. The van der Waals surface area contributed by atoms with Gasteiger partial charge in [-0.1, -0.05) is 0 Å². The first-order valence-corrected chi connectivity index (χ1v) is 19.3. The van der Waals surface area contributed by atoms with Crippen LogP contribution in [-0.4, -0.2) is 113 Å². The van der Waals surface area contributed by atoms with Crippen LogP contribution in [0.25, 0.3) is 22.0 Å². The largest absolute Gasteiger partial charge is 0.496 e. The van der Waals surface area contributed by atoms with E-state index in [0.717, 1.165) is 91.8 Å². The molecule has 1 atom stereocenters. The molecule has 2 aromatic carbocycles. The molecule has 0 saturated carbocycles. The van der Waals surface area contributed by atoms with Gasteiger partial charge in [0.2, 0.25) is 11.8 Å². The van der Waals surface area contributed by atoms with E-state index in [1.807, 2.05) is 37.5 Å². The van der Waals surface area contributed by atoms with Crippen molar-refractivity contribution in [3.63, 3.8) is 0 Å². The zero-order valence-corrected chi connectivity index (χ0v) is 32.0. The molecule has 1 N–H and O–H groups in total. The molecule has 1 unspecified atom stereocenters. The predicted molar refractivity (Wildman–Crippen MR) is 206 cm³/mol. The first-order chi connectivity index (χ1) is 26.5. The highest BCUT2D eigenvalue weighted by Crippen LogP contribution is 2.44. The SMILES string of the molecule is COc1cc(-c2cn(C)c(=O)c3cn(C)nc23)cc(OC)c1CN1CC(CN2CCC3(CC2)CN(c2ccc4c(c2)CN(C2CCC(=O)NC2=O)C4=O)C3)C1. The average molecular weight is 749 g/mol. The van der Waals surface area contributed by atoms with Crippen molar-refractivity contribution in [3.8, 4) is 22.6 Å². The van der Waals surface area contributed by atoms with Gasteiger partial charge in [0.1, 0.15) is 23.1 Å². The number of rotatable bonds is 9. The Bertz CT molecular complexity index is 2250. The van der Waals surface area contributed by atoms with Gasteiger partial charge in [0.15, 0.2) is 0 Å². The number of amides is 3. The number of carbonyl (C=O) groups excluding carboxylic acids is 3. The minimum absolute atomic E-state index is 0.0800. The summed E-state index contributed by atoms with van der Waals surface area (Å²) in [5.41, 5.74) is 6.43. The normalized spacial score (nSPS) is 21.5. The van der Waals surface area contributed by atoms with Crippen LogP contribution in [0.2, 0.25) is 0 Å². The van der Waals surface area contributed by atoms with Crippen molar-refractivity contribution in [1.29, 1.82) is 0 Å². The average Bonchev–Trinajstić information content (AvgIpc) is 3.70. The number of pyridine rings is 1. The van der Waals surface area contributed by atoms with Gasteiger partial charge >= 0.3 is 0 Å². The molecule has 0 bridgehead atoms. The van der Waals surface area contributed by atoms with Crippen molar-refractivity contribution in [2.24, 2.45) is 25.4 Å². The summed E-state index contributed by atoms with van der Waals surface area (Å²) in [5, 5.41) is 7.55. The Morgan fingerprint density at radius 2 is 1.64 bits per heavy atom. The van der Waals surface area contributed by atoms with Crippen molar-refractivity contribution in [1.82, 2.24) is 34.4 Å². The number of hydrogen-bond donors (Lipinski definition) is 1. The maximum absolute atomic E-state index is 13.1. The third kappa shape index (κ3) is 6.24. The van der Waals surface area contributed by atoms with Crippen molar-refractivity contribution in [3.05, 3.63) is 69.8 Å². The second kappa shape index (κ2) is 13.5. The standard InChI is InChI=1S/C41H48N8O6/c1-44-20-30(37-32(39(44)52)21-45(2)43-37)26-14-34(54-3)31(35(15-26)55-4)22-47-17-25(18-47)16-46-11-9-41(10-12-46)23-48(24-41)28-5-6-29-27(13-28)19-49(40(29)53)33-7-8-36(50)42-38(33)51/h5-6,13-15,20-21,25,33H,7-12,16-19,22-24H2,1-4H3,(H,42,50,51). The first kappa shape index (κ1) is 35.5. The van der Waals surface area contributed by atoms with Crippen LogP contribution in [-0.2, 0) is 36.8 Å². The number of anilines is 1. The van der Waals surface area contributed by atoms with Gasteiger partial charge in [-0.2, -0.15) is 5.10 Å². The van der Waals surface area contributed by atoms with Gasteiger partial charge in [0, 0.05) is 101 Å². The Labute approximate surface area is 319 Å². The van der Waals surface area contributed by atoms with E-state index < -0.39 is 6.04 Å². The molecule has 4 aromatic rings. The lowest BCUT2D eigenvalue weighted by Crippen LogP contribution is -2.61. The maximum Gasteiger partial charge on any atom is 0.261 e. The van der Waals surface area contributed by atoms with Gasteiger partial charge in [0.25, 0.3) is 11.5 Å². The van der Waals surface area contributed by atoms with Crippen molar-refractivity contribution in [2.75, 3.05) is 64.9 Å². The lowest BCUT2D eigenvalue weighted by molar-refractivity contribution is -0.136. The van der Waals surface area contributed by atoms with E-state index in [2.05, 4.69) is 31.2 Å². The van der Waals surface area contributed by atoms with Crippen LogP contribution < -0.4 is 25.2 Å². The fourth-order valence-electron chi connectivity index (χ4n) is 9.59. The molecule has 9 rings (SSSR count). The van der Waals surface area contributed by atoms with E-state index in [1.54, 1.807) is 41.6 Å². The van der Waals surface area contributed by atoms with E-state index in [4.69, 9.17) is 9.47 Å². The molecule has 55 heavy (non-hydrogen) atoms. The lowest BCUT2D eigenvalue weighted by atomic mass is 9.71. The van der Waals surface area contributed by atoms with Crippen LogP contribution >= 0.6 is 0 Å². The van der Waals surface area contributed by atoms with E-state index in [0.29, 0.717) is 40.8 Å². The number of nitrogens with zero attached hydrogens (tertiary/aromatic N) is 7. The number of carbonyl (C=O) groups is 3. The summed E-state index contributed by atoms with van der Waals surface area (Å²) in [5.74, 6) is 1.37. The molecular formula is C41H48N8O6. The minimum atomic E-state index is -0.591. The van der Waals surface area contributed by atoms with Crippen LogP contribution in [0.3, 0.4) is 0 Å². The number of piperidine rings is 2. The Hall–Kier alpha value is -5.21. The molecular weight excluding hydrogens is 701 g/mol. The molecule has 5 aliphatic heterocycles. The van der Waals surface area contributed by atoms with Gasteiger partial charge in [-0.05, 0) is 79.7 Å². The molecule has 1 spiro atoms. The Kier molecular flexibility index (Phi) is 8.72. The summed E-state index contributed by atoms with van der Waals surface area (Å²) in [6, 6.07) is 9.53. The molecule has 7 heterocycles. The van der Waals surface area contributed by atoms with Crippen LogP contribution in [0.1, 0.15) is 47.2 Å². The number of aromatic nitrogens is 3. The van der Waals surface area contributed by atoms with Gasteiger partial charge < -0.3 is 28.7 Å².